The first-order valence-corrected chi connectivity index (χ1v) is 6.91. The highest BCUT2D eigenvalue weighted by atomic mass is 16.5. The second-order valence-electron chi connectivity index (χ2n) is 5.40. The zero-order valence-corrected chi connectivity index (χ0v) is 11.3. The van der Waals surface area contributed by atoms with Crippen LogP contribution in [-0.2, 0) is 11.2 Å². The largest absolute Gasteiger partial charge is 0.380 e. The van der Waals surface area contributed by atoms with E-state index in [1.165, 1.54) is 18.2 Å². The Morgan fingerprint density at radius 1 is 1.26 bits per heavy atom. The number of ether oxygens (including phenoxy) is 1. The predicted octanol–water partition coefficient (Wildman–Crippen LogP) is 2.53. The number of benzene rings is 1. The van der Waals surface area contributed by atoms with E-state index in [2.05, 4.69) is 23.2 Å². The zero-order chi connectivity index (χ0) is 13.2. The van der Waals surface area contributed by atoms with Gasteiger partial charge in [-0.25, -0.2) is 0 Å². The van der Waals surface area contributed by atoms with E-state index in [9.17, 15) is 0 Å². The van der Waals surface area contributed by atoms with Crippen molar-refractivity contribution in [3.63, 3.8) is 0 Å². The van der Waals surface area contributed by atoms with E-state index in [1.54, 1.807) is 7.11 Å². The van der Waals surface area contributed by atoms with Crippen LogP contribution in [0.25, 0.3) is 10.9 Å². The van der Waals surface area contributed by atoms with Crippen molar-refractivity contribution >= 4 is 10.9 Å². The summed E-state index contributed by atoms with van der Waals surface area (Å²) in [6, 6.07) is 12.4. The van der Waals surface area contributed by atoms with Gasteiger partial charge in [0.2, 0.25) is 0 Å². The summed E-state index contributed by atoms with van der Waals surface area (Å²) in [6.07, 6.45) is 3.45. The molecule has 3 nitrogen and oxygen atoms in total. The molecule has 2 N–H and O–H groups in total. The predicted molar refractivity (Wildman–Crippen MR) is 76.9 cm³/mol. The fraction of sp³-hybridized carbons (Fsp3) is 0.438. The molecule has 1 aliphatic carbocycles. The Hall–Kier alpha value is -1.45. The van der Waals surface area contributed by atoms with E-state index in [0.717, 1.165) is 17.6 Å². The molecule has 0 amide bonds. The maximum Gasteiger partial charge on any atom is 0.0754 e. The Morgan fingerprint density at radius 3 is 2.79 bits per heavy atom. The third kappa shape index (κ3) is 2.77. The molecule has 3 rings (SSSR count). The standard InChI is InChI=1S/C16H20N2O/c1-19-16(12-6-7-12)14(17)10-13-9-8-11-4-2-3-5-15(11)18-13/h2-5,8-9,12,14,16H,6-7,10,17H2,1H3. The highest BCUT2D eigenvalue weighted by Crippen LogP contribution is 2.35. The first kappa shape index (κ1) is 12.6. The van der Waals surface area contributed by atoms with Crippen molar-refractivity contribution in [2.75, 3.05) is 7.11 Å². The van der Waals surface area contributed by atoms with Gasteiger partial charge in [0.15, 0.2) is 0 Å². The van der Waals surface area contributed by atoms with Crippen LogP contribution >= 0.6 is 0 Å². The molecule has 0 aliphatic heterocycles. The van der Waals surface area contributed by atoms with Gasteiger partial charge in [-0.15, -0.1) is 0 Å². The van der Waals surface area contributed by atoms with Crippen LogP contribution in [0, 0.1) is 5.92 Å². The van der Waals surface area contributed by atoms with Crippen LogP contribution in [0.3, 0.4) is 0 Å². The van der Waals surface area contributed by atoms with Crippen molar-refractivity contribution in [2.24, 2.45) is 11.7 Å². The molecule has 3 heteroatoms. The van der Waals surface area contributed by atoms with Gasteiger partial charge in [-0.2, -0.15) is 0 Å². The molecule has 1 aliphatic rings. The molecular formula is C16H20N2O. The minimum absolute atomic E-state index is 0.0335. The Labute approximate surface area is 113 Å². The monoisotopic (exact) mass is 256 g/mol. The minimum atomic E-state index is 0.0335. The molecule has 1 aromatic carbocycles. The summed E-state index contributed by atoms with van der Waals surface area (Å²) in [5.74, 6) is 0.653. The van der Waals surface area contributed by atoms with Crippen LogP contribution in [0.1, 0.15) is 18.5 Å². The van der Waals surface area contributed by atoms with Gasteiger partial charge in [0, 0.05) is 30.7 Å². The SMILES string of the molecule is COC(C(N)Cc1ccc2ccccc2n1)C1CC1. The molecule has 0 spiro atoms. The third-order valence-corrected chi connectivity index (χ3v) is 3.88. The lowest BCUT2D eigenvalue weighted by Gasteiger charge is -2.22. The molecule has 0 radical (unpaired) electrons. The first-order chi connectivity index (χ1) is 9.28. The topological polar surface area (TPSA) is 48.1 Å². The molecule has 1 saturated carbocycles. The molecule has 1 fully saturated rings. The van der Waals surface area contributed by atoms with Crippen molar-refractivity contribution in [1.82, 2.24) is 4.98 Å². The second kappa shape index (κ2) is 5.27. The summed E-state index contributed by atoms with van der Waals surface area (Å²) < 4.78 is 5.54. The summed E-state index contributed by atoms with van der Waals surface area (Å²) in [5.41, 5.74) is 8.37. The first-order valence-electron chi connectivity index (χ1n) is 6.91. The second-order valence-corrected chi connectivity index (χ2v) is 5.40. The number of hydrogen-bond acceptors (Lipinski definition) is 3. The van der Waals surface area contributed by atoms with Gasteiger partial charge in [0.05, 0.1) is 11.6 Å². The van der Waals surface area contributed by atoms with Gasteiger partial charge < -0.3 is 10.5 Å². The highest BCUT2D eigenvalue weighted by Gasteiger charge is 2.35. The maximum absolute atomic E-state index is 6.28. The normalized spacial score (nSPS) is 18.4. The zero-order valence-electron chi connectivity index (χ0n) is 11.3. The van der Waals surface area contributed by atoms with Crippen molar-refractivity contribution in [1.29, 1.82) is 0 Å². The Kier molecular flexibility index (Phi) is 3.49. The number of methoxy groups -OCH3 is 1. The van der Waals surface area contributed by atoms with Crippen LogP contribution in [0.4, 0.5) is 0 Å². The maximum atomic E-state index is 6.28. The van der Waals surface area contributed by atoms with E-state index in [-0.39, 0.29) is 12.1 Å². The number of nitrogens with two attached hydrogens (primary N) is 1. The van der Waals surface area contributed by atoms with Gasteiger partial charge >= 0.3 is 0 Å². The van der Waals surface area contributed by atoms with Crippen molar-refractivity contribution < 1.29 is 4.74 Å². The van der Waals surface area contributed by atoms with E-state index in [4.69, 9.17) is 10.5 Å². The minimum Gasteiger partial charge on any atom is -0.380 e. The molecule has 1 aromatic heterocycles. The molecule has 0 bridgehead atoms. The smallest absolute Gasteiger partial charge is 0.0754 e. The molecule has 0 saturated heterocycles. The lowest BCUT2D eigenvalue weighted by molar-refractivity contribution is 0.0624. The summed E-state index contributed by atoms with van der Waals surface area (Å²) in [6.45, 7) is 0. The van der Waals surface area contributed by atoms with Crippen LogP contribution in [0.5, 0.6) is 0 Å². The van der Waals surface area contributed by atoms with E-state index < -0.39 is 0 Å². The highest BCUT2D eigenvalue weighted by molar-refractivity contribution is 5.78. The lowest BCUT2D eigenvalue weighted by Crippen LogP contribution is -2.39. The number of aromatic nitrogens is 1. The average Bonchev–Trinajstić information content (AvgIpc) is 3.24. The van der Waals surface area contributed by atoms with Gasteiger partial charge in [0.1, 0.15) is 0 Å². The van der Waals surface area contributed by atoms with Crippen LogP contribution in [-0.4, -0.2) is 24.2 Å². The summed E-state index contributed by atoms with van der Waals surface area (Å²) >= 11 is 0. The average molecular weight is 256 g/mol. The number of pyridine rings is 1. The van der Waals surface area contributed by atoms with Gasteiger partial charge in [-0.1, -0.05) is 24.3 Å². The summed E-state index contributed by atoms with van der Waals surface area (Å²) in [5, 5.41) is 1.17. The van der Waals surface area contributed by atoms with Gasteiger partial charge in [-0.05, 0) is 30.9 Å². The molecule has 2 unspecified atom stereocenters. The number of rotatable bonds is 5. The van der Waals surface area contributed by atoms with Crippen molar-refractivity contribution in [2.45, 2.75) is 31.4 Å². The Morgan fingerprint density at radius 2 is 2.05 bits per heavy atom. The van der Waals surface area contributed by atoms with Gasteiger partial charge in [0.25, 0.3) is 0 Å². The quantitative estimate of drug-likeness (QED) is 0.894. The molecule has 2 aromatic rings. The van der Waals surface area contributed by atoms with E-state index in [1.807, 2.05) is 18.2 Å². The summed E-state index contributed by atoms with van der Waals surface area (Å²) in [4.78, 5) is 4.68. The molecule has 1 heterocycles. The number of fused-ring (bicyclic) bond motifs is 1. The van der Waals surface area contributed by atoms with E-state index in [0.29, 0.717) is 5.92 Å². The number of nitrogens with zero attached hydrogens (tertiary/aromatic N) is 1. The Balaban J connectivity index is 1.76. The van der Waals surface area contributed by atoms with E-state index >= 15 is 0 Å². The fourth-order valence-corrected chi connectivity index (χ4v) is 2.72. The molecule has 19 heavy (non-hydrogen) atoms. The molecule has 100 valence electrons. The number of hydrogen-bond donors (Lipinski definition) is 1. The van der Waals surface area contributed by atoms with Crippen LogP contribution in [0.15, 0.2) is 36.4 Å². The fourth-order valence-electron chi connectivity index (χ4n) is 2.72. The van der Waals surface area contributed by atoms with Crippen molar-refractivity contribution in [3.8, 4) is 0 Å². The molecular weight excluding hydrogens is 236 g/mol. The van der Waals surface area contributed by atoms with Crippen LogP contribution in [0.2, 0.25) is 0 Å². The van der Waals surface area contributed by atoms with Crippen molar-refractivity contribution in [3.05, 3.63) is 42.1 Å². The van der Waals surface area contributed by atoms with Gasteiger partial charge in [-0.3, -0.25) is 4.98 Å². The number of para-hydroxylation sites is 1. The lowest BCUT2D eigenvalue weighted by atomic mass is 10.0. The van der Waals surface area contributed by atoms with Crippen LogP contribution < -0.4 is 5.73 Å². The Bertz CT molecular complexity index is 565. The third-order valence-electron chi connectivity index (χ3n) is 3.88. The summed E-state index contributed by atoms with van der Waals surface area (Å²) in [7, 11) is 1.76. The molecule has 2 atom stereocenters.